The monoisotopic (exact) mass is 228 g/mol. The zero-order chi connectivity index (χ0) is 12.0. The fourth-order valence-electron chi connectivity index (χ4n) is 2.41. The Balaban J connectivity index is 2.38. The van der Waals surface area contributed by atoms with Crippen LogP contribution in [-0.4, -0.2) is 49.8 Å². The molecule has 0 bridgehead atoms. The molecule has 1 saturated heterocycles. The second kappa shape index (κ2) is 7.25. The molecule has 1 fully saturated rings. The van der Waals surface area contributed by atoms with Crippen LogP contribution in [0.2, 0.25) is 0 Å². The Kier molecular flexibility index (Phi) is 6.32. The number of nitrogens with one attached hydrogen (secondary N) is 1. The molecule has 16 heavy (non-hydrogen) atoms. The summed E-state index contributed by atoms with van der Waals surface area (Å²) in [6, 6.07) is 1.31. The van der Waals surface area contributed by atoms with Crippen molar-refractivity contribution in [2.24, 2.45) is 5.92 Å². The molecule has 1 heterocycles. The number of rotatable bonds is 6. The third-order valence-electron chi connectivity index (χ3n) is 3.20. The van der Waals surface area contributed by atoms with Crippen LogP contribution in [-0.2, 0) is 4.74 Å². The van der Waals surface area contributed by atoms with E-state index in [0.717, 1.165) is 38.8 Å². The lowest BCUT2D eigenvalue weighted by Crippen LogP contribution is -2.56. The summed E-state index contributed by atoms with van der Waals surface area (Å²) < 4.78 is 5.46. The first-order valence-corrected chi connectivity index (χ1v) is 6.68. The van der Waals surface area contributed by atoms with Crippen molar-refractivity contribution in [2.75, 3.05) is 32.8 Å². The normalized spacial score (nSPS) is 27.6. The quantitative estimate of drug-likeness (QED) is 0.701. The van der Waals surface area contributed by atoms with Crippen molar-refractivity contribution in [3.05, 3.63) is 0 Å². The van der Waals surface area contributed by atoms with Gasteiger partial charge < -0.3 is 10.1 Å². The summed E-state index contributed by atoms with van der Waals surface area (Å²) in [4.78, 5) is 2.59. The summed E-state index contributed by atoms with van der Waals surface area (Å²) >= 11 is 0. The molecule has 3 heteroatoms. The molecule has 0 aliphatic carbocycles. The van der Waals surface area contributed by atoms with Gasteiger partial charge in [-0.15, -0.1) is 0 Å². The molecule has 96 valence electrons. The highest BCUT2D eigenvalue weighted by Gasteiger charge is 2.25. The van der Waals surface area contributed by atoms with E-state index in [1.165, 1.54) is 6.42 Å². The van der Waals surface area contributed by atoms with Crippen LogP contribution in [0.5, 0.6) is 0 Å². The number of hydrogen-bond acceptors (Lipinski definition) is 3. The van der Waals surface area contributed by atoms with Gasteiger partial charge in [0.15, 0.2) is 0 Å². The maximum Gasteiger partial charge on any atom is 0.0593 e. The third kappa shape index (κ3) is 4.81. The molecule has 2 unspecified atom stereocenters. The largest absolute Gasteiger partial charge is 0.380 e. The lowest BCUT2D eigenvalue weighted by molar-refractivity contribution is 0.0654. The standard InChI is InChI=1S/C13H28N2O/c1-5-16-7-6-15-10-12(4)14-9-13(15)8-11(2)3/h11-14H,5-10H2,1-4H3. The van der Waals surface area contributed by atoms with Crippen LogP contribution in [0.4, 0.5) is 0 Å². The molecule has 0 amide bonds. The topological polar surface area (TPSA) is 24.5 Å². The Labute approximate surface area is 101 Å². The van der Waals surface area contributed by atoms with E-state index in [0.29, 0.717) is 12.1 Å². The number of nitrogens with zero attached hydrogens (tertiary/aromatic N) is 1. The molecule has 2 atom stereocenters. The average molecular weight is 228 g/mol. The van der Waals surface area contributed by atoms with Gasteiger partial charge in [-0.05, 0) is 26.2 Å². The van der Waals surface area contributed by atoms with Gasteiger partial charge in [0.05, 0.1) is 6.61 Å². The van der Waals surface area contributed by atoms with Crippen LogP contribution in [0.15, 0.2) is 0 Å². The highest BCUT2D eigenvalue weighted by molar-refractivity contribution is 4.84. The van der Waals surface area contributed by atoms with Crippen LogP contribution in [0.25, 0.3) is 0 Å². The number of piperazine rings is 1. The molecule has 0 spiro atoms. The first-order chi connectivity index (χ1) is 7.63. The van der Waals surface area contributed by atoms with Gasteiger partial charge in [0.2, 0.25) is 0 Å². The molecule has 0 aromatic heterocycles. The molecular formula is C13H28N2O. The molecule has 0 aromatic carbocycles. The minimum Gasteiger partial charge on any atom is -0.380 e. The number of ether oxygens (including phenoxy) is 1. The van der Waals surface area contributed by atoms with Crippen LogP contribution in [0, 0.1) is 5.92 Å². The summed E-state index contributed by atoms with van der Waals surface area (Å²) in [7, 11) is 0. The van der Waals surface area contributed by atoms with Crippen LogP contribution < -0.4 is 5.32 Å². The molecule has 1 N–H and O–H groups in total. The van der Waals surface area contributed by atoms with Gasteiger partial charge in [-0.25, -0.2) is 0 Å². The van der Waals surface area contributed by atoms with Crippen molar-refractivity contribution in [1.82, 2.24) is 10.2 Å². The van der Waals surface area contributed by atoms with Crippen molar-refractivity contribution in [3.63, 3.8) is 0 Å². The van der Waals surface area contributed by atoms with E-state index in [1.54, 1.807) is 0 Å². The van der Waals surface area contributed by atoms with Crippen LogP contribution in [0.3, 0.4) is 0 Å². The fraction of sp³-hybridized carbons (Fsp3) is 1.00. The van der Waals surface area contributed by atoms with E-state index in [2.05, 4.69) is 37.9 Å². The van der Waals surface area contributed by atoms with E-state index in [1.807, 2.05) is 0 Å². The molecule has 3 nitrogen and oxygen atoms in total. The second-order valence-electron chi connectivity index (χ2n) is 5.28. The number of hydrogen-bond donors (Lipinski definition) is 1. The molecule has 1 aliphatic heterocycles. The highest BCUT2D eigenvalue weighted by atomic mass is 16.5. The first-order valence-electron chi connectivity index (χ1n) is 6.68. The Morgan fingerprint density at radius 1 is 1.44 bits per heavy atom. The van der Waals surface area contributed by atoms with Gasteiger partial charge in [-0.2, -0.15) is 0 Å². The fourth-order valence-corrected chi connectivity index (χ4v) is 2.41. The SMILES string of the molecule is CCOCCN1CC(C)NCC1CC(C)C. The Morgan fingerprint density at radius 2 is 2.19 bits per heavy atom. The maximum absolute atomic E-state index is 5.46. The van der Waals surface area contributed by atoms with Gasteiger partial charge >= 0.3 is 0 Å². The first kappa shape index (κ1) is 13.9. The predicted octanol–water partition coefficient (Wildman–Crippen LogP) is 1.73. The maximum atomic E-state index is 5.46. The van der Waals surface area contributed by atoms with Gasteiger partial charge in [-0.3, -0.25) is 4.90 Å². The lowest BCUT2D eigenvalue weighted by Gasteiger charge is -2.40. The summed E-state index contributed by atoms with van der Waals surface area (Å²) in [6.45, 7) is 14.0. The van der Waals surface area contributed by atoms with Crippen molar-refractivity contribution in [1.29, 1.82) is 0 Å². The molecule has 0 aromatic rings. The van der Waals surface area contributed by atoms with Crippen molar-refractivity contribution in [2.45, 2.75) is 46.2 Å². The summed E-state index contributed by atoms with van der Waals surface area (Å²) in [5, 5.41) is 3.58. The van der Waals surface area contributed by atoms with E-state index in [9.17, 15) is 0 Å². The summed E-state index contributed by atoms with van der Waals surface area (Å²) in [6.07, 6.45) is 1.28. The van der Waals surface area contributed by atoms with Crippen molar-refractivity contribution < 1.29 is 4.74 Å². The van der Waals surface area contributed by atoms with Gasteiger partial charge in [-0.1, -0.05) is 13.8 Å². The smallest absolute Gasteiger partial charge is 0.0593 e. The van der Waals surface area contributed by atoms with E-state index in [4.69, 9.17) is 4.74 Å². The Bertz CT molecular complexity index is 185. The highest BCUT2D eigenvalue weighted by Crippen LogP contribution is 2.15. The predicted molar refractivity (Wildman–Crippen MR) is 68.8 cm³/mol. The van der Waals surface area contributed by atoms with E-state index in [-0.39, 0.29) is 0 Å². The molecule has 0 radical (unpaired) electrons. The second-order valence-corrected chi connectivity index (χ2v) is 5.28. The zero-order valence-corrected chi connectivity index (χ0v) is 11.3. The van der Waals surface area contributed by atoms with Gasteiger partial charge in [0.25, 0.3) is 0 Å². The lowest BCUT2D eigenvalue weighted by atomic mass is 9.99. The summed E-state index contributed by atoms with van der Waals surface area (Å²) in [5.74, 6) is 0.773. The van der Waals surface area contributed by atoms with Crippen molar-refractivity contribution >= 4 is 0 Å². The van der Waals surface area contributed by atoms with Crippen molar-refractivity contribution in [3.8, 4) is 0 Å². The molecule has 0 saturated carbocycles. The zero-order valence-electron chi connectivity index (χ0n) is 11.3. The Hall–Kier alpha value is -0.120. The van der Waals surface area contributed by atoms with Crippen LogP contribution in [0.1, 0.15) is 34.1 Å². The minimum absolute atomic E-state index is 0.616. The Morgan fingerprint density at radius 3 is 2.81 bits per heavy atom. The molecule has 1 rings (SSSR count). The average Bonchev–Trinajstić information content (AvgIpc) is 2.22. The van der Waals surface area contributed by atoms with E-state index < -0.39 is 0 Å². The van der Waals surface area contributed by atoms with Gasteiger partial charge in [0.1, 0.15) is 0 Å². The van der Waals surface area contributed by atoms with Crippen LogP contribution >= 0.6 is 0 Å². The summed E-state index contributed by atoms with van der Waals surface area (Å²) in [5.41, 5.74) is 0. The third-order valence-corrected chi connectivity index (χ3v) is 3.20. The minimum atomic E-state index is 0.616. The molecule has 1 aliphatic rings. The molecular weight excluding hydrogens is 200 g/mol. The van der Waals surface area contributed by atoms with E-state index >= 15 is 0 Å². The van der Waals surface area contributed by atoms with Gasteiger partial charge in [0, 0.05) is 38.3 Å².